The first-order valence-corrected chi connectivity index (χ1v) is 10.7. The first-order valence-electron chi connectivity index (χ1n) is 9.73. The van der Waals surface area contributed by atoms with Gasteiger partial charge in [0, 0.05) is 16.9 Å². The van der Waals surface area contributed by atoms with Crippen LogP contribution in [0.2, 0.25) is 0 Å². The zero-order valence-corrected chi connectivity index (χ0v) is 16.7. The smallest absolute Gasteiger partial charge is 0.233 e. The summed E-state index contributed by atoms with van der Waals surface area (Å²) in [6.45, 7) is 7.70. The first-order chi connectivity index (χ1) is 13.2. The molecule has 0 aliphatic carbocycles. The summed E-state index contributed by atoms with van der Waals surface area (Å²) >= 11 is 1.65. The largest absolute Gasteiger partial charge is 0.493 e. The highest BCUT2D eigenvalue weighted by Crippen LogP contribution is 2.25. The molecule has 142 valence electrons. The second kappa shape index (κ2) is 8.36. The number of hydrogen-bond acceptors (Lipinski definition) is 3. The molecule has 4 nitrogen and oxygen atoms in total. The van der Waals surface area contributed by atoms with E-state index >= 15 is 0 Å². The number of thioether (sulfide) groups is 1. The fraction of sp³-hybridized carbons (Fsp3) is 0.409. The molecule has 1 fully saturated rings. The monoisotopic (exact) mass is 383 g/mol. The zero-order chi connectivity index (χ0) is 18.6. The molecular formula is C22H27N2O2S+. The third kappa shape index (κ3) is 4.47. The molecule has 0 bridgehead atoms. The summed E-state index contributed by atoms with van der Waals surface area (Å²) in [7, 11) is 0. The Balaban J connectivity index is 1.25. The van der Waals surface area contributed by atoms with Gasteiger partial charge in [-0.25, -0.2) is 0 Å². The number of amides is 1. The molecule has 2 aromatic rings. The van der Waals surface area contributed by atoms with Crippen molar-refractivity contribution in [1.29, 1.82) is 0 Å². The molecule has 1 saturated heterocycles. The highest BCUT2D eigenvalue weighted by atomic mass is 32.2. The van der Waals surface area contributed by atoms with Crippen LogP contribution in [0.1, 0.15) is 16.7 Å². The first kappa shape index (κ1) is 18.4. The number of fused-ring (bicyclic) bond motifs is 1. The number of nitrogens with one attached hydrogen (secondary N) is 1. The number of benzene rings is 2. The van der Waals surface area contributed by atoms with Crippen LogP contribution in [-0.2, 0) is 17.8 Å². The molecule has 27 heavy (non-hydrogen) atoms. The van der Waals surface area contributed by atoms with Crippen LogP contribution in [0.4, 0.5) is 0 Å². The van der Waals surface area contributed by atoms with Gasteiger partial charge in [-0.2, -0.15) is 0 Å². The van der Waals surface area contributed by atoms with Gasteiger partial charge in [0.1, 0.15) is 12.3 Å². The van der Waals surface area contributed by atoms with Gasteiger partial charge in [0.05, 0.1) is 38.5 Å². The third-order valence-electron chi connectivity index (χ3n) is 5.48. The highest BCUT2D eigenvalue weighted by molar-refractivity contribution is 8.00. The van der Waals surface area contributed by atoms with Crippen molar-refractivity contribution in [2.75, 3.05) is 38.5 Å². The lowest BCUT2D eigenvalue weighted by molar-refractivity contribution is -0.917. The van der Waals surface area contributed by atoms with E-state index in [1.54, 1.807) is 16.7 Å². The molecule has 2 aliphatic heterocycles. The van der Waals surface area contributed by atoms with Crippen LogP contribution in [-0.4, -0.2) is 49.3 Å². The summed E-state index contributed by atoms with van der Waals surface area (Å²) < 4.78 is 5.59. The van der Waals surface area contributed by atoms with Gasteiger partial charge in [-0.15, -0.1) is 11.8 Å². The predicted molar refractivity (Wildman–Crippen MR) is 109 cm³/mol. The number of quaternary nitrogens is 1. The topological polar surface area (TPSA) is 34.0 Å². The van der Waals surface area contributed by atoms with E-state index in [4.69, 9.17) is 4.74 Å². The normalized spacial score (nSPS) is 16.9. The van der Waals surface area contributed by atoms with E-state index in [0.717, 1.165) is 51.5 Å². The molecule has 0 saturated carbocycles. The number of carbonyl (C=O) groups is 1. The van der Waals surface area contributed by atoms with Gasteiger partial charge >= 0.3 is 0 Å². The fourth-order valence-electron chi connectivity index (χ4n) is 3.84. The van der Waals surface area contributed by atoms with Gasteiger partial charge in [0.2, 0.25) is 5.91 Å². The van der Waals surface area contributed by atoms with Crippen LogP contribution in [0.15, 0.2) is 47.4 Å². The van der Waals surface area contributed by atoms with Crippen molar-refractivity contribution >= 4 is 17.7 Å². The van der Waals surface area contributed by atoms with Crippen LogP contribution in [0.25, 0.3) is 0 Å². The molecular weight excluding hydrogens is 356 g/mol. The Labute approximate surface area is 165 Å². The molecule has 0 aromatic heterocycles. The standard InChI is InChI=1S/C22H26N2O2S/c1-17-4-2-3-5-21(17)27-16-22(25)24-11-9-23(10-12-24)15-18-6-7-20-19(14-18)8-13-26-20/h2-7,14H,8-13,15-16H2,1H3/p+1. The van der Waals surface area contributed by atoms with Crippen molar-refractivity contribution in [1.82, 2.24) is 4.90 Å². The number of nitrogens with zero attached hydrogens (tertiary/aromatic N) is 1. The average Bonchev–Trinajstić information content (AvgIpc) is 3.15. The molecule has 4 rings (SSSR count). The van der Waals surface area contributed by atoms with E-state index < -0.39 is 0 Å². The molecule has 0 spiro atoms. The van der Waals surface area contributed by atoms with E-state index in [0.29, 0.717) is 5.75 Å². The maximum absolute atomic E-state index is 12.6. The SMILES string of the molecule is Cc1ccccc1SCC(=O)N1CC[NH+](Cc2ccc3c(c2)CCO3)CC1. The molecule has 2 aromatic carbocycles. The Bertz CT molecular complexity index is 816. The van der Waals surface area contributed by atoms with E-state index in [-0.39, 0.29) is 5.91 Å². The molecule has 1 N–H and O–H groups in total. The Morgan fingerprint density at radius 3 is 2.81 bits per heavy atom. The summed E-state index contributed by atoms with van der Waals surface area (Å²) in [5.41, 5.74) is 3.96. The fourth-order valence-corrected chi connectivity index (χ4v) is 4.77. The van der Waals surface area contributed by atoms with Crippen LogP contribution in [0.5, 0.6) is 5.75 Å². The molecule has 5 heteroatoms. The Hall–Kier alpha value is -1.98. The van der Waals surface area contributed by atoms with E-state index in [1.165, 1.54) is 21.6 Å². The number of piperazine rings is 1. The maximum Gasteiger partial charge on any atom is 0.233 e. The lowest BCUT2D eigenvalue weighted by Gasteiger charge is -2.32. The van der Waals surface area contributed by atoms with Crippen molar-refractivity contribution in [3.8, 4) is 5.75 Å². The van der Waals surface area contributed by atoms with Gasteiger partial charge in [-0.1, -0.05) is 18.2 Å². The quantitative estimate of drug-likeness (QED) is 0.802. The molecule has 2 aliphatic rings. The number of carbonyl (C=O) groups excluding carboxylic acids is 1. The molecule has 1 amide bonds. The predicted octanol–water partition coefficient (Wildman–Crippen LogP) is 1.95. The third-order valence-corrected chi connectivity index (χ3v) is 6.64. The van der Waals surface area contributed by atoms with Gasteiger partial charge in [-0.3, -0.25) is 4.79 Å². The minimum atomic E-state index is 0.261. The van der Waals surface area contributed by atoms with Crippen molar-refractivity contribution in [3.05, 3.63) is 59.2 Å². The maximum atomic E-state index is 12.6. The van der Waals surface area contributed by atoms with Gasteiger partial charge in [0.15, 0.2) is 0 Å². The van der Waals surface area contributed by atoms with Crippen LogP contribution < -0.4 is 9.64 Å². The van der Waals surface area contributed by atoms with Gasteiger partial charge in [0.25, 0.3) is 0 Å². The summed E-state index contributed by atoms with van der Waals surface area (Å²) in [4.78, 5) is 17.4. The molecule has 2 heterocycles. The van der Waals surface area contributed by atoms with Crippen molar-refractivity contribution in [3.63, 3.8) is 0 Å². The average molecular weight is 384 g/mol. The second-order valence-corrected chi connectivity index (χ2v) is 8.42. The number of ether oxygens (including phenoxy) is 1. The number of rotatable bonds is 5. The van der Waals surface area contributed by atoms with E-state index in [2.05, 4.69) is 37.3 Å². The number of hydrogen-bond donors (Lipinski definition) is 1. The minimum Gasteiger partial charge on any atom is -0.493 e. The van der Waals surface area contributed by atoms with Gasteiger partial charge < -0.3 is 14.5 Å². The summed E-state index contributed by atoms with van der Waals surface area (Å²) in [5, 5.41) is 0. The Kier molecular flexibility index (Phi) is 5.69. The lowest BCUT2D eigenvalue weighted by atomic mass is 10.1. The minimum absolute atomic E-state index is 0.261. The Morgan fingerprint density at radius 1 is 1.19 bits per heavy atom. The number of aryl methyl sites for hydroxylation is 1. The van der Waals surface area contributed by atoms with Crippen LogP contribution in [0.3, 0.4) is 0 Å². The van der Waals surface area contributed by atoms with Crippen molar-refractivity contribution < 1.29 is 14.4 Å². The lowest BCUT2D eigenvalue weighted by Crippen LogP contribution is -3.13. The van der Waals surface area contributed by atoms with Gasteiger partial charge in [-0.05, 0) is 42.3 Å². The summed E-state index contributed by atoms with van der Waals surface area (Å²) in [6.07, 6.45) is 1.03. The molecule has 0 atom stereocenters. The highest BCUT2D eigenvalue weighted by Gasteiger charge is 2.24. The van der Waals surface area contributed by atoms with Crippen molar-refractivity contribution in [2.24, 2.45) is 0 Å². The summed E-state index contributed by atoms with van der Waals surface area (Å²) in [5.74, 6) is 1.85. The Morgan fingerprint density at radius 2 is 2.00 bits per heavy atom. The molecule has 0 unspecified atom stereocenters. The summed E-state index contributed by atoms with van der Waals surface area (Å²) in [6, 6.07) is 14.9. The van der Waals surface area contributed by atoms with E-state index in [9.17, 15) is 4.79 Å². The van der Waals surface area contributed by atoms with Crippen LogP contribution in [0, 0.1) is 6.92 Å². The second-order valence-electron chi connectivity index (χ2n) is 7.40. The zero-order valence-electron chi connectivity index (χ0n) is 15.9. The van der Waals surface area contributed by atoms with Crippen molar-refractivity contribution in [2.45, 2.75) is 24.8 Å². The molecule has 0 radical (unpaired) electrons. The van der Waals surface area contributed by atoms with Crippen LogP contribution >= 0.6 is 11.8 Å². The van der Waals surface area contributed by atoms with E-state index in [1.807, 2.05) is 17.0 Å².